The lowest BCUT2D eigenvalue weighted by Gasteiger charge is -2.05. The maximum absolute atomic E-state index is 13.8. The number of hydrogen-bond acceptors (Lipinski definition) is 6. The van der Waals surface area contributed by atoms with Crippen LogP contribution in [0.25, 0.3) is 11.3 Å². The highest BCUT2D eigenvalue weighted by molar-refractivity contribution is 7.12. The topological polar surface area (TPSA) is 81.4 Å². The van der Waals surface area contributed by atoms with E-state index in [-0.39, 0.29) is 28.7 Å². The molecule has 0 aliphatic heterocycles. The summed E-state index contributed by atoms with van der Waals surface area (Å²) in [7, 11) is 0. The van der Waals surface area contributed by atoms with Crippen molar-refractivity contribution in [3.63, 3.8) is 0 Å². The van der Waals surface area contributed by atoms with E-state index in [2.05, 4.69) is 10.5 Å². The van der Waals surface area contributed by atoms with Gasteiger partial charge in [-0.15, -0.1) is 11.3 Å². The van der Waals surface area contributed by atoms with Crippen LogP contribution in [-0.2, 0) is 0 Å². The van der Waals surface area contributed by atoms with Crippen molar-refractivity contribution in [3.05, 3.63) is 88.5 Å². The van der Waals surface area contributed by atoms with Crippen molar-refractivity contribution < 1.29 is 23.2 Å². The van der Waals surface area contributed by atoms with Gasteiger partial charge in [-0.25, -0.2) is 9.18 Å². The fraction of sp³-hybridized carbons (Fsp3) is 0. The number of ether oxygens (including phenoxy) is 1. The van der Waals surface area contributed by atoms with Gasteiger partial charge in [0.15, 0.2) is 11.5 Å². The number of amides is 1. The number of nitrogens with one attached hydrogen (secondary N) is 1. The molecule has 2 aromatic heterocycles. The first-order valence-corrected chi connectivity index (χ1v) is 9.37. The van der Waals surface area contributed by atoms with E-state index < -0.39 is 11.8 Å². The molecule has 4 aromatic rings. The maximum Gasteiger partial charge on any atom is 0.365 e. The number of nitrogens with zero attached hydrogens (tertiary/aromatic N) is 1. The van der Waals surface area contributed by atoms with Gasteiger partial charge in [0.1, 0.15) is 11.6 Å². The van der Waals surface area contributed by atoms with Gasteiger partial charge in [0.25, 0.3) is 5.91 Å². The van der Waals surface area contributed by atoms with Crippen LogP contribution < -0.4 is 10.1 Å². The highest BCUT2D eigenvalue weighted by Gasteiger charge is 2.17. The van der Waals surface area contributed by atoms with Crippen molar-refractivity contribution in [1.82, 2.24) is 5.16 Å². The Morgan fingerprint density at radius 1 is 1.03 bits per heavy atom. The van der Waals surface area contributed by atoms with Crippen LogP contribution in [0.3, 0.4) is 0 Å². The second kappa shape index (κ2) is 8.07. The SMILES string of the molecule is O=C(Oc1ccc(NC(=O)c2cccs2)cc1)c1cc(-c2ccccc2F)on1. The first kappa shape index (κ1) is 18.6. The summed E-state index contributed by atoms with van der Waals surface area (Å²) in [6.45, 7) is 0. The third-order valence-corrected chi connectivity index (χ3v) is 4.79. The number of hydrogen-bond donors (Lipinski definition) is 1. The maximum atomic E-state index is 13.8. The van der Waals surface area contributed by atoms with E-state index in [1.165, 1.54) is 29.5 Å². The number of anilines is 1. The lowest BCUT2D eigenvalue weighted by Crippen LogP contribution is -2.11. The van der Waals surface area contributed by atoms with Gasteiger partial charge >= 0.3 is 5.97 Å². The van der Waals surface area contributed by atoms with E-state index in [0.29, 0.717) is 10.6 Å². The van der Waals surface area contributed by atoms with Gasteiger partial charge < -0.3 is 14.6 Å². The lowest BCUT2D eigenvalue weighted by atomic mass is 10.1. The second-order valence-corrected chi connectivity index (χ2v) is 6.85. The number of carbonyl (C=O) groups is 2. The molecule has 0 fully saturated rings. The summed E-state index contributed by atoms with van der Waals surface area (Å²) in [5.41, 5.74) is 0.676. The number of rotatable bonds is 5. The van der Waals surface area contributed by atoms with E-state index in [0.717, 1.165) is 0 Å². The van der Waals surface area contributed by atoms with E-state index in [4.69, 9.17) is 9.26 Å². The normalized spacial score (nSPS) is 10.5. The molecule has 6 nitrogen and oxygen atoms in total. The Morgan fingerprint density at radius 2 is 1.83 bits per heavy atom. The number of carbonyl (C=O) groups excluding carboxylic acids is 2. The van der Waals surface area contributed by atoms with E-state index in [1.807, 2.05) is 5.38 Å². The third-order valence-electron chi connectivity index (χ3n) is 3.93. The molecule has 0 aliphatic rings. The number of esters is 1. The van der Waals surface area contributed by atoms with Gasteiger partial charge in [-0.05, 0) is 47.8 Å². The minimum Gasteiger partial charge on any atom is -0.422 e. The zero-order valence-corrected chi connectivity index (χ0v) is 15.6. The number of thiophene rings is 1. The molecular formula is C21H13FN2O4S. The van der Waals surface area contributed by atoms with Crippen LogP contribution >= 0.6 is 11.3 Å². The minimum absolute atomic E-state index is 0.0849. The van der Waals surface area contributed by atoms with Crippen molar-refractivity contribution in [2.45, 2.75) is 0 Å². The van der Waals surface area contributed by atoms with Crippen LogP contribution in [0.4, 0.5) is 10.1 Å². The highest BCUT2D eigenvalue weighted by atomic mass is 32.1. The lowest BCUT2D eigenvalue weighted by molar-refractivity contribution is 0.0723. The average Bonchev–Trinajstić information content (AvgIpc) is 3.42. The molecular weight excluding hydrogens is 395 g/mol. The fourth-order valence-corrected chi connectivity index (χ4v) is 3.14. The zero-order valence-electron chi connectivity index (χ0n) is 14.8. The van der Waals surface area contributed by atoms with E-state index in [1.54, 1.807) is 48.5 Å². The Morgan fingerprint density at radius 3 is 2.55 bits per heavy atom. The van der Waals surface area contributed by atoms with Crippen LogP contribution in [-0.4, -0.2) is 17.0 Å². The summed E-state index contributed by atoms with van der Waals surface area (Å²) in [6, 6.07) is 17.2. The smallest absolute Gasteiger partial charge is 0.365 e. The predicted molar refractivity (Wildman–Crippen MR) is 106 cm³/mol. The number of benzene rings is 2. The molecule has 0 spiro atoms. The Balaban J connectivity index is 1.41. The third kappa shape index (κ3) is 4.22. The summed E-state index contributed by atoms with van der Waals surface area (Å²) < 4.78 is 24.1. The van der Waals surface area contributed by atoms with Gasteiger partial charge in [-0.2, -0.15) is 0 Å². The quantitative estimate of drug-likeness (QED) is 0.371. The van der Waals surface area contributed by atoms with Crippen LogP contribution in [0.5, 0.6) is 5.75 Å². The Bertz CT molecular complexity index is 1150. The molecule has 2 heterocycles. The molecule has 0 saturated carbocycles. The molecule has 29 heavy (non-hydrogen) atoms. The van der Waals surface area contributed by atoms with Crippen LogP contribution in [0.1, 0.15) is 20.2 Å². The van der Waals surface area contributed by atoms with Crippen molar-refractivity contribution in [2.75, 3.05) is 5.32 Å². The number of halogens is 1. The molecule has 1 amide bonds. The van der Waals surface area contributed by atoms with Crippen LogP contribution in [0.15, 0.2) is 76.6 Å². The van der Waals surface area contributed by atoms with Crippen LogP contribution in [0.2, 0.25) is 0 Å². The molecule has 0 atom stereocenters. The molecule has 8 heteroatoms. The molecule has 0 bridgehead atoms. The molecule has 0 aliphatic carbocycles. The monoisotopic (exact) mass is 408 g/mol. The molecule has 0 unspecified atom stereocenters. The summed E-state index contributed by atoms with van der Waals surface area (Å²) in [5, 5.41) is 8.21. The summed E-state index contributed by atoms with van der Waals surface area (Å²) in [4.78, 5) is 24.9. The van der Waals surface area contributed by atoms with Crippen molar-refractivity contribution >= 4 is 28.9 Å². The first-order valence-electron chi connectivity index (χ1n) is 8.49. The molecule has 4 rings (SSSR count). The van der Waals surface area contributed by atoms with Crippen molar-refractivity contribution in [1.29, 1.82) is 0 Å². The largest absolute Gasteiger partial charge is 0.422 e. The first-order chi connectivity index (χ1) is 14.1. The van der Waals surface area contributed by atoms with E-state index in [9.17, 15) is 14.0 Å². The molecule has 2 aromatic carbocycles. The molecule has 144 valence electrons. The summed E-state index contributed by atoms with van der Waals surface area (Å²) >= 11 is 1.34. The van der Waals surface area contributed by atoms with Gasteiger partial charge in [0.2, 0.25) is 0 Å². The molecule has 0 radical (unpaired) electrons. The number of aromatic nitrogens is 1. The second-order valence-electron chi connectivity index (χ2n) is 5.90. The zero-order chi connectivity index (χ0) is 20.2. The van der Waals surface area contributed by atoms with Gasteiger partial charge in [0, 0.05) is 11.8 Å². The van der Waals surface area contributed by atoms with Crippen molar-refractivity contribution in [2.24, 2.45) is 0 Å². The fourth-order valence-electron chi connectivity index (χ4n) is 2.53. The minimum atomic E-state index is -0.744. The Labute approximate surface area is 168 Å². The Kier molecular flexibility index (Phi) is 5.17. The average molecular weight is 408 g/mol. The highest BCUT2D eigenvalue weighted by Crippen LogP contribution is 2.24. The van der Waals surface area contributed by atoms with Gasteiger partial charge in [-0.1, -0.05) is 23.4 Å². The van der Waals surface area contributed by atoms with Gasteiger partial charge in [-0.3, -0.25) is 4.79 Å². The van der Waals surface area contributed by atoms with Crippen LogP contribution in [0, 0.1) is 5.82 Å². The van der Waals surface area contributed by atoms with Crippen molar-refractivity contribution in [3.8, 4) is 17.1 Å². The molecule has 0 saturated heterocycles. The molecule has 1 N–H and O–H groups in total. The van der Waals surface area contributed by atoms with E-state index >= 15 is 0 Å². The predicted octanol–water partition coefficient (Wildman–Crippen LogP) is 5.01. The Hall–Kier alpha value is -3.78. The van der Waals surface area contributed by atoms with Gasteiger partial charge in [0.05, 0.1) is 10.4 Å². The summed E-state index contributed by atoms with van der Waals surface area (Å²) in [5.74, 6) is -1.05. The standard InChI is InChI=1S/C21H13FN2O4S/c22-16-5-2-1-4-15(16)18-12-17(24-28-18)21(26)27-14-9-7-13(8-10-14)23-20(25)19-6-3-11-29-19/h1-12H,(H,23,25). The summed E-state index contributed by atoms with van der Waals surface area (Å²) in [6.07, 6.45) is 0.